The minimum Gasteiger partial charge on any atom is -0.493 e. The highest BCUT2D eigenvalue weighted by Crippen LogP contribution is 2.51. The van der Waals surface area contributed by atoms with Gasteiger partial charge in [-0.1, -0.05) is 24.6 Å². The molecule has 1 saturated carbocycles. The number of fused-ring (bicyclic) bond motifs is 3. The Morgan fingerprint density at radius 1 is 1.26 bits per heavy atom. The summed E-state index contributed by atoms with van der Waals surface area (Å²) >= 11 is 0. The van der Waals surface area contributed by atoms with Crippen LogP contribution in [-0.4, -0.2) is 71.7 Å². The zero-order valence-electron chi connectivity index (χ0n) is 21.5. The molecule has 39 heavy (non-hydrogen) atoms. The molecule has 2 amide bonds. The maximum atomic E-state index is 14.7. The average Bonchev–Trinajstić information content (AvgIpc) is 3.30. The summed E-state index contributed by atoms with van der Waals surface area (Å²) in [4.78, 5) is 40.1. The van der Waals surface area contributed by atoms with E-state index in [2.05, 4.69) is 5.32 Å². The van der Waals surface area contributed by atoms with Gasteiger partial charge in [0.15, 0.2) is 11.5 Å². The van der Waals surface area contributed by atoms with Gasteiger partial charge < -0.3 is 29.9 Å². The van der Waals surface area contributed by atoms with E-state index in [-0.39, 0.29) is 48.4 Å². The highest BCUT2D eigenvalue weighted by Gasteiger charge is 2.52. The number of nitrogens with zero attached hydrogens (tertiary/aromatic N) is 1. The summed E-state index contributed by atoms with van der Waals surface area (Å²) in [6.07, 6.45) is 2.22. The number of aliphatic hydroxyl groups is 2. The number of aldehydes is 1. The predicted octanol–water partition coefficient (Wildman–Crippen LogP) is 2.10. The van der Waals surface area contributed by atoms with E-state index < -0.39 is 35.9 Å². The molecule has 0 aromatic heterocycles. The van der Waals surface area contributed by atoms with E-state index in [9.17, 15) is 29.0 Å². The van der Waals surface area contributed by atoms with Crippen LogP contribution in [0.2, 0.25) is 0 Å². The van der Waals surface area contributed by atoms with Gasteiger partial charge in [0.2, 0.25) is 11.8 Å². The molecule has 0 spiro atoms. The molecule has 1 aliphatic heterocycles. The zero-order valence-corrected chi connectivity index (χ0v) is 21.5. The smallest absolute Gasteiger partial charge is 0.247 e. The number of halogens is 1. The largest absolute Gasteiger partial charge is 0.493 e. The number of amides is 2. The second kappa shape index (κ2) is 11.2. The van der Waals surface area contributed by atoms with Gasteiger partial charge in [0.1, 0.15) is 24.3 Å². The molecule has 2 aromatic rings. The third-order valence-electron chi connectivity index (χ3n) is 7.81. The molecule has 0 radical (unpaired) electrons. The fraction of sp³-hybridized carbons (Fsp3) is 0.414. The number of hydrogen-bond acceptors (Lipinski definition) is 7. The molecule has 1 heterocycles. The summed E-state index contributed by atoms with van der Waals surface area (Å²) in [5.41, 5.74) is 1.30. The van der Waals surface area contributed by atoms with Crippen molar-refractivity contribution in [2.24, 2.45) is 5.92 Å². The van der Waals surface area contributed by atoms with E-state index in [4.69, 9.17) is 9.47 Å². The number of methoxy groups -OCH3 is 1. The van der Waals surface area contributed by atoms with Crippen LogP contribution in [0.25, 0.3) is 0 Å². The molecule has 10 heteroatoms. The van der Waals surface area contributed by atoms with Crippen LogP contribution in [0.15, 0.2) is 48.0 Å². The van der Waals surface area contributed by atoms with Gasteiger partial charge in [-0.3, -0.25) is 14.4 Å². The van der Waals surface area contributed by atoms with Crippen molar-refractivity contribution in [3.8, 4) is 11.5 Å². The van der Waals surface area contributed by atoms with Crippen LogP contribution >= 0.6 is 0 Å². The molecule has 2 aromatic carbocycles. The molecule has 3 aliphatic rings. The van der Waals surface area contributed by atoms with E-state index in [0.29, 0.717) is 36.0 Å². The lowest BCUT2D eigenvalue weighted by Crippen LogP contribution is -2.56. The van der Waals surface area contributed by atoms with E-state index in [1.807, 2.05) is 0 Å². The second-order valence-corrected chi connectivity index (χ2v) is 10.1. The number of benzene rings is 2. The lowest BCUT2D eigenvalue weighted by atomic mass is 9.76. The average molecular weight is 539 g/mol. The summed E-state index contributed by atoms with van der Waals surface area (Å²) in [6, 6.07) is 8.23. The SMILES string of the molecule is COc1cc(C=O)cc2c1OC1C2C(C(=O)NCCO)=CC(N(Cc2ccccc2F)C(=O)C2CCC2)C1O. The highest BCUT2D eigenvalue weighted by molar-refractivity contribution is 5.96. The molecule has 9 nitrogen and oxygen atoms in total. The number of aliphatic hydroxyl groups excluding tert-OH is 2. The van der Waals surface area contributed by atoms with Crippen LogP contribution in [-0.2, 0) is 16.1 Å². The summed E-state index contributed by atoms with van der Waals surface area (Å²) in [7, 11) is 1.42. The Bertz CT molecular complexity index is 1310. The minimum atomic E-state index is -1.28. The van der Waals surface area contributed by atoms with Gasteiger partial charge in [-0.15, -0.1) is 0 Å². The van der Waals surface area contributed by atoms with E-state index in [0.717, 1.165) is 6.42 Å². The van der Waals surface area contributed by atoms with Crippen LogP contribution in [0.5, 0.6) is 11.5 Å². The standard InChI is InChI=1S/C29H31FN2O7/c1-38-23-12-16(15-34)11-19-24-20(28(36)31-9-10-33)13-22(25(35)27(24)39-26(19)23)32(29(37)17-6-4-7-17)14-18-5-2-3-8-21(18)30/h2-3,5,8,11-13,15,17,22,24-25,27,33,35H,4,6-7,9-10,14H2,1H3,(H,31,36). The molecule has 4 atom stereocenters. The van der Waals surface area contributed by atoms with Gasteiger partial charge in [-0.05, 0) is 37.1 Å². The van der Waals surface area contributed by atoms with Crippen molar-refractivity contribution in [2.45, 2.75) is 50.0 Å². The van der Waals surface area contributed by atoms with Gasteiger partial charge in [0.25, 0.3) is 0 Å². The molecule has 5 rings (SSSR count). The van der Waals surface area contributed by atoms with Crippen LogP contribution in [0, 0.1) is 11.7 Å². The first-order chi connectivity index (χ1) is 18.9. The minimum absolute atomic E-state index is 0.00780. The van der Waals surface area contributed by atoms with Crippen LogP contribution in [0.4, 0.5) is 4.39 Å². The number of carbonyl (C=O) groups is 3. The first kappa shape index (κ1) is 26.8. The quantitative estimate of drug-likeness (QED) is 0.418. The number of ether oxygens (including phenoxy) is 2. The van der Waals surface area contributed by atoms with Gasteiger partial charge >= 0.3 is 0 Å². The fourth-order valence-corrected chi connectivity index (χ4v) is 5.59. The first-order valence-corrected chi connectivity index (χ1v) is 13.0. The predicted molar refractivity (Wildman–Crippen MR) is 138 cm³/mol. The Morgan fingerprint density at radius 2 is 2.03 bits per heavy atom. The summed E-state index contributed by atoms with van der Waals surface area (Å²) in [5.74, 6) is -1.67. The summed E-state index contributed by atoms with van der Waals surface area (Å²) < 4.78 is 26.3. The van der Waals surface area contributed by atoms with E-state index in [1.165, 1.54) is 30.2 Å². The van der Waals surface area contributed by atoms with Crippen molar-refractivity contribution in [3.05, 3.63) is 70.6 Å². The van der Waals surface area contributed by atoms with Crippen molar-refractivity contribution in [3.63, 3.8) is 0 Å². The normalized spacial score (nSPS) is 23.4. The molecule has 0 saturated heterocycles. The van der Waals surface area contributed by atoms with Crippen LogP contribution in [0.3, 0.4) is 0 Å². The molecule has 0 bridgehead atoms. The Hall–Kier alpha value is -3.76. The zero-order chi connectivity index (χ0) is 27.7. The lowest BCUT2D eigenvalue weighted by Gasteiger charge is -2.42. The molecular formula is C29H31FN2O7. The highest BCUT2D eigenvalue weighted by atomic mass is 19.1. The summed E-state index contributed by atoms with van der Waals surface area (Å²) in [5, 5.41) is 23.6. The van der Waals surface area contributed by atoms with Crippen molar-refractivity contribution >= 4 is 18.1 Å². The van der Waals surface area contributed by atoms with E-state index >= 15 is 0 Å². The second-order valence-electron chi connectivity index (χ2n) is 10.1. The first-order valence-electron chi connectivity index (χ1n) is 13.0. The number of rotatable bonds is 9. The molecule has 4 unspecified atom stereocenters. The van der Waals surface area contributed by atoms with Gasteiger partial charge in [-0.25, -0.2) is 4.39 Å². The molecule has 3 N–H and O–H groups in total. The van der Waals surface area contributed by atoms with Gasteiger partial charge in [0.05, 0.1) is 25.7 Å². The Labute approximate surface area is 225 Å². The number of carbonyl (C=O) groups excluding carboxylic acids is 3. The molecule has 1 fully saturated rings. The van der Waals surface area contributed by atoms with Crippen molar-refractivity contribution in [1.82, 2.24) is 10.2 Å². The third kappa shape index (κ3) is 4.90. The van der Waals surface area contributed by atoms with Crippen LogP contribution in [0.1, 0.15) is 46.7 Å². The van der Waals surface area contributed by atoms with Crippen molar-refractivity contribution in [2.75, 3.05) is 20.3 Å². The molecule has 2 aliphatic carbocycles. The van der Waals surface area contributed by atoms with Crippen molar-refractivity contribution in [1.29, 1.82) is 0 Å². The van der Waals surface area contributed by atoms with Crippen molar-refractivity contribution < 1.29 is 38.5 Å². The Balaban J connectivity index is 1.61. The monoisotopic (exact) mass is 538 g/mol. The number of hydrogen-bond donors (Lipinski definition) is 3. The van der Waals surface area contributed by atoms with Gasteiger partial charge in [-0.2, -0.15) is 0 Å². The lowest BCUT2D eigenvalue weighted by molar-refractivity contribution is -0.145. The van der Waals surface area contributed by atoms with E-state index in [1.54, 1.807) is 24.3 Å². The fourth-order valence-electron chi connectivity index (χ4n) is 5.59. The maximum Gasteiger partial charge on any atom is 0.247 e. The summed E-state index contributed by atoms with van der Waals surface area (Å²) in [6.45, 7) is -0.393. The Kier molecular flexibility index (Phi) is 7.67. The van der Waals surface area contributed by atoms with Crippen LogP contribution < -0.4 is 14.8 Å². The molecular weight excluding hydrogens is 507 g/mol. The Morgan fingerprint density at radius 3 is 2.67 bits per heavy atom. The maximum absolute atomic E-state index is 14.7. The van der Waals surface area contributed by atoms with Gasteiger partial charge in [0, 0.05) is 41.3 Å². The number of nitrogens with one attached hydrogen (secondary N) is 1. The molecule has 206 valence electrons. The topological polar surface area (TPSA) is 125 Å². The third-order valence-corrected chi connectivity index (χ3v) is 7.81.